The van der Waals surface area contributed by atoms with Gasteiger partial charge in [0.15, 0.2) is 5.75 Å². The molecule has 1 saturated heterocycles. The summed E-state index contributed by atoms with van der Waals surface area (Å²) in [6.45, 7) is 1.87. The van der Waals surface area contributed by atoms with E-state index in [0.717, 1.165) is 24.1 Å². The SMILES string of the molecule is COCCc1cc([N+](=O)[O-])c(OC)cc1N1CCC(N2C=CC=COC2=O)CC1. The van der Waals surface area contributed by atoms with Crippen LogP contribution < -0.4 is 9.64 Å². The van der Waals surface area contributed by atoms with Gasteiger partial charge in [0.05, 0.1) is 24.9 Å². The van der Waals surface area contributed by atoms with Gasteiger partial charge in [-0.3, -0.25) is 15.0 Å². The molecule has 0 N–H and O–H groups in total. The smallest absolute Gasteiger partial charge is 0.418 e. The number of anilines is 1. The quantitative estimate of drug-likeness (QED) is 0.509. The third-order valence-electron chi connectivity index (χ3n) is 5.17. The van der Waals surface area contributed by atoms with Crippen molar-refractivity contribution < 1.29 is 23.9 Å². The van der Waals surface area contributed by atoms with Gasteiger partial charge in [0.2, 0.25) is 0 Å². The molecule has 0 spiro atoms. The summed E-state index contributed by atoms with van der Waals surface area (Å²) in [6, 6.07) is 3.34. The standard InChI is InChI=1S/C20H25N3O6/c1-27-12-7-15-13-18(23(25)26)19(28-2)14-17(15)21-9-5-16(6-10-21)22-8-3-4-11-29-20(22)24/h3-4,8,11,13-14,16H,5-7,9-10,12H2,1-2H3. The second kappa shape index (κ2) is 9.42. The van der Waals surface area contributed by atoms with Crippen LogP contribution in [0.1, 0.15) is 18.4 Å². The van der Waals surface area contributed by atoms with E-state index >= 15 is 0 Å². The maximum atomic E-state index is 12.1. The van der Waals surface area contributed by atoms with E-state index in [9.17, 15) is 14.9 Å². The zero-order valence-electron chi connectivity index (χ0n) is 16.6. The molecule has 2 heterocycles. The third-order valence-corrected chi connectivity index (χ3v) is 5.17. The number of benzene rings is 1. The van der Waals surface area contributed by atoms with E-state index in [4.69, 9.17) is 14.2 Å². The van der Waals surface area contributed by atoms with E-state index in [-0.39, 0.29) is 23.6 Å². The lowest BCUT2D eigenvalue weighted by molar-refractivity contribution is -0.385. The molecule has 1 fully saturated rings. The molecule has 2 aliphatic rings. The van der Waals surface area contributed by atoms with Crippen LogP contribution in [0.5, 0.6) is 5.75 Å². The predicted molar refractivity (Wildman–Crippen MR) is 107 cm³/mol. The van der Waals surface area contributed by atoms with E-state index < -0.39 is 4.92 Å². The first kappa shape index (κ1) is 20.7. The molecule has 1 aromatic rings. The number of ether oxygens (including phenoxy) is 3. The van der Waals surface area contributed by atoms with Crippen molar-refractivity contribution in [2.45, 2.75) is 25.3 Å². The minimum atomic E-state index is -0.434. The second-order valence-electron chi connectivity index (χ2n) is 6.83. The lowest BCUT2D eigenvalue weighted by Gasteiger charge is -2.38. The molecule has 0 atom stereocenters. The van der Waals surface area contributed by atoms with Crippen molar-refractivity contribution >= 4 is 17.5 Å². The molecule has 156 valence electrons. The lowest BCUT2D eigenvalue weighted by atomic mass is 10.0. The zero-order chi connectivity index (χ0) is 20.8. The summed E-state index contributed by atoms with van der Waals surface area (Å²) in [5.74, 6) is 0.235. The highest BCUT2D eigenvalue weighted by Gasteiger charge is 2.30. The van der Waals surface area contributed by atoms with Crippen LogP contribution in [0.25, 0.3) is 0 Å². The topological polar surface area (TPSA) is 94.4 Å². The van der Waals surface area contributed by atoms with E-state index in [1.165, 1.54) is 13.4 Å². The number of nitro benzene ring substituents is 1. The van der Waals surface area contributed by atoms with Gasteiger partial charge in [0, 0.05) is 50.3 Å². The van der Waals surface area contributed by atoms with Crippen LogP contribution in [0.15, 0.2) is 36.7 Å². The molecule has 0 saturated carbocycles. The first-order valence-corrected chi connectivity index (χ1v) is 9.46. The summed E-state index contributed by atoms with van der Waals surface area (Å²) < 4.78 is 15.5. The zero-order valence-corrected chi connectivity index (χ0v) is 16.6. The van der Waals surface area contributed by atoms with Gasteiger partial charge in [-0.15, -0.1) is 0 Å². The first-order chi connectivity index (χ1) is 14.0. The average molecular weight is 403 g/mol. The van der Waals surface area contributed by atoms with Gasteiger partial charge in [0.25, 0.3) is 0 Å². The van der Waals surface area contributed by atoms with E-state index in [0.29, 0.717) is 26.1 Å². The molecular weight excluding hydrogens is 378 g/mol. The number of amides is 1. The molecule has 3 rings (SSSR count). The Kier molecular flexibility index (Phi) is 6.71. The molecule has 0 aliphatic carbocycles. The van der Waals surface area contributed by atoms with E-state index in [2.05, 4.69) is 4.90 Å². The Hall–Kier alpha value is -3.07. The third kappa shape index (κ3) is 4.68. The molecule has 0 aromatic heterocycles. The number of piperidine rings is 1. The number of nitro groups is 1. The molecule has 1 amide bonds. The lowest BCUT2D eigenvalue weighted by Crippen LogP contribution is -2.45. The number of hydrogen-bond donors (Lipinski definition) is 0. The van der Waals surface area contributed by atoms with Crippen LogP contribution in [-0.2, 0) is 15.9 Å². The monoisotopic (exact) mass is 403 g/mol. The number of methoxy groups -OCH3 is 2. The van der Waals surface area contributed by atoms with Gasteiger partial charge >= 0.3 is 11.8 Å². The largest absolute Gasteiger partial charge is 0.490 e. The van der Waals surface area contributed by atoms with Crippen LogP contribution in [0.4, 0.5) is 16.2 Å². The number of nitrogens with zero attached hydrogens (tertiary/aromatic N) is 3. The number of hydrogen-bond acceptors (Lipinski definition) is 7. The Bertz CT molecular complexity index is 815. The van der Waals surface area contributed by atoms with Crippen LogP contribution in [0.3, 0.4) is 0 Å². The Morgan fingerprint density at radius 3 is 2.66 bits per heavy atom. The normalized spacial score (nSPS) is 17.2. The van der Waals surface area contributed by atoms with E-state index in [1.54, 1.807) is 42.5 Å². The summed E-state index contributed by atoms with van der Waals surface area (Å²) >= 11 is 0. The Morgan fingerprint density at radius 1 is 1.24 bits per heavy atom. The minimum absolute atomic E-state index is 0.0391. The highest BCUT2D eigenvalue weighted by Crippen LogP contribution is 2.36. The summed E-state index contributed by atoms with van der Waals surface area (Å²) in [5, 5.41) is 11.4. The second-order valence-corrected chi connectivity index (χ2v) is 6.83. The molecule has 2 aliphatic heterocycles. The molecule has 1 aromatic carbocycles. The predicted octanol–water partition coefficient (Wildman–Crippen LogP) is 3.24. The van der Waals surface area contributed by atoms with Crippen molar-refractivity contribution in [1.82, 2.24) is 4.90 Å². The van der Waals surface area contributed by atoms with Crippen LogP contribution in [0.2, 0.25) is 0 Å². The first-order valence-electron chi connectivity index (χ1n) is 9.46. The summed E-state index contributed by atoms with van der Waals surface area (Å²) in [7, 11) is 3.03. The van der Waals surface area contributed by atoms with Gasteiger partial charge in [0.1, 0.15) is 0 Å². The maximum absolute atomic E-state index is 12.1. The number of cyclic esters (lactones) is 1. The summed E-state index contributed by atoms with van der Waals surface area (Å²) in [6.07, 6.45) is 8.25. The van der Waals surface area contributed by atoms with Gasteiger partial charge in [-0.2, -0.15) is 0 Å². The highest BCUT2D eigenvalue weighted by molar-refractivity contribution is 5.71. The van der Waals surface area contributed by atoms with Crippen LogP contribution in [-0.4, -0.2) is 55.9 Å². The molecule has 0 radical (unpaired) electrons. The summed E-state index contributed by atoms with van der Waals surface area (Å²) in [5.41, 5.74) is 1.69. The molecule has 9 heteroatoms. The van der Waals surface area contributed by atoms with E-state index in [1.807, 2.05) is 0 Å². The van der Waals surface area contributed by atoms with Gasteiger partial charge < -0.3 is 19.1 Å². The minimum Gasteiger partial charge on any atom is -0.490 e. The van der Waals surface area contributed by atoms with Gasteiger partial charge in [-0.05, 0) is 37.0 Å². The fraction of sp³-hybridized carbons (Fsp3) is 0.450. The van der Waals surface area contributed by atoms with Gasteiger partial charge in [-0.25, -0.2) is 4.79 Å². The number of allylic oxidation sites excluding steroid dienone is 2. The molecule has 9 nitrogen and oxygen atoms in total. The Labute approximate surface area is 169 Å². The molecule has 29 heavy (non-hydrogen) atoms. The Balaban J connectivity index is 1.80. The average Bonchev–Trinajstić information content (AvgIpc) is 2.96. The van der Waals surface area contributed by atoms with Crippen molar-refractivity contribution in [3.05, 3.63) is 52.4 Å². The molecule has 0 unspecified atom stereocenters. The van der Waals surface area contributed by atoms with Crippen LogP contribution >= 0.6 is 0 Å². The fourth-order valence-corrected chi connectivity index (χ4v) is 3.68. The van der Waals surface area contributed by atoms with Gasteiger partial charge in [-0.1, -0.05) is 0 Å². The molecule has 0 bridgehead atoms. The van der Waals surface area contributed by atoms with Crippen molar-refractivity contribution in [3.63, 3.8) is 0 Å². The van der Waals surface area contributed by atoms with Crippen molar-refractivity contribution in [2.24, 2.45) is 0 Å². The van der Waals surface area contributed by atoms with Crippen molar-refractivity contribution in [2.75, 3.05) is 38.8 Å². The number of carbonyl (C=O) groups excluding carboxylic acids is 1. The summed E-state index contributed by atoms with van der Waals surface area (Å²) in [4.78, 5) is 26.9. The number of rotatable bonds is 7. The van der Waals surface area contributed by atoms with Crippen molar-refractivity contribution in [1.29, 1.82) is 0 Å². The number of carbonyl (C=O) groups is 1. The fourth-order valence-electron chi connectivity index (χ4n) is 3.68. The highest BCUT2D eigenvalue weighted by atomic mass is 16.6. The Morgan fingerprint density at radius 2 is 2.00 bits per heavy atom. The van der Waals surface area contributed by atoms with Crippen LogP contribution in [0, 0.1) is 10.1 Å². The van der Waals surface area contributed by atoms with Crippen molar-refractivity contribution in [3.8, 4) is 5.75 Å². The molecular formula is C20H25N3O6. The maximum Gasteiger partial charge on any atom is 0.418 e.